The van der Waals surface area contributed by atoms with E-state index in [1.54, 1.807) is 6.08 Å². The van der Waals surface area contributed by atoms with E-state index in [0.717, 1.165) is 43.1 Å². The van der Waals surface area contributed by atoms with Gasteiger partial charge in [-0.25, -0.2) is 0 Å². The highest BCUT2D eigenvalue weighted by Gasteiger charge is 2.04. The maximum atomic E-state index is 12.7. The summed E-state index contributed by atoms with van der Waals surface area (Å²) in [5.41, 5.74) is 1.68. The van der Waals surface area contributed by atoms with E-state index >= 15 is 0 Å². The summed E-state index contributed by atoms with van der Waals surface area (Å²) in [5.74, 6) is 1.74. The van der Waals surface area contributed by atoms with E-state index in [1.165, 1.54) is 180 Å². The van der Waals surface area contributed by atoms with Gasteiger partial charge in [0.05, 0.1) is 13.2 Å². The van der Waals surface area contributed by atoms with Crippen LogP contribution in [-0.2, 0) is 0 Å². The number of carbonyl (C=O) groups is 1. The fourth-order valence-electron chi connectivity index (χ4n) is 6.99. The van der Waals surface area contributed by atoms with Gasteiger partial charge >= 0.3 is 0 Å². The first-order chi connectivity index (χ1) is 25.7. The van der Waals surface area contributed by atoms with Crippen LogP contribution < -0.4 is 9.47 Å². The minimum absolute atomic E-state index is 0.00217. The number of carbonyl (C=O) groups excluding carboxylic acids is 1. The molecule has 0 aliphatic rings. The molecule has 52 heavy (non-hydrogen) atoms. The third-order valence-electron chi connectivity index (χ3n) is 10.5. The number of benzene rings is 2. The molecule has 0 aliphatic heterocycles. The van der Waals surface area contributed by atoms with Crippen molar-refractivity contribution >= 4 is 11.9 Å². The van der Waals surface area contributed by atoms with Crippen molar-refractivity contribution in [2.45, 2.75) is 206 Å². The largest absolute Gasteiger partial charge is 0.494 e. The molecule has 0 aliphatic carbocycles. The van der Waals surface area contributed by atoms with Gasteiger partial charge in [0.1, 0.15) is 11.5 Å². The maximum absolute atomic E-state index is 12.7. The molecule has 0 heterocycles. The van der Waals surface area contributed by atoms with Crippen molar-refractivity contribution in [3.8, 4) is 11.5 Å². The van der Waals surface area contributed by atoms with Crippen molar-refractivity contribution in [2.75, 3.05) is 13.2 Å². The smallest absolute Gasteiger partial charge is 0.185 e. The topological polar surface area (TPSA) is 35.5 Å². The summed E-state index contributed by atoms with van der Waals surface area (Å²) >= 11 is 0. The zero-order chi connectivity index (χ0) is 37.0. The predicted molar refractivity (Wildman–Crippen MR) is 227 cm³/mol. The first-order valence-corrected chi connectivity index (χ1v) is 22.4. The van der Waals surface area contributed by atoms with E-state index in [0.29, 0.717) is 5.56 Å². The van der Waals surface area contributed by atoms with Gasteiger partial charge in [-0.05, 0) is 60.9 Å². The second kappa shape index (κ2) is 34.2. The molecule has 0 saturated heterocycles. The van der Waals surface area contributed by atoms with E-state index in [4.69, 9.17) is 9.47 Å². The predicted octanol–water partition coefficient (Wildman–Crippen LogP) is 16.1. The summed E-state index contributed by atoms with van der Waals surface area (Å²) in [5, 5.41) is 0. The van der Waals surface area contributed by atoms with Crippen molar-refractivity contribution in [2.24, 2.45) is 0 Å². The lowest BCUT2D eigenvalue weighted by Crippen LogP contribution is -1.99. The lowest BCUT2D eigenvalue weighted by Gasteiger charge is -2.07. The zero-order valence-corrected chi connectivity index (χ0v) is 34.1. The van der Waals surface area contributed by atoms with Gasteiger partial charge in [-0.15, -0.1) is 0 Å². The molecular formula is C49H80O3. The molecule has 3 heteroatoms. The molecule has 294 valence electrons. The Morgan fingerprint density at radius 2 is 0.692 bits per heavy atom. The SMILES string of the molecule is CCCCCCCCCCCCCCCCCCOc1ccc(/C=C/C(=O)c2ccc(OCCCCCCCCCCCCCCCC)cc2)cc1. The normalized spacial score (nSPS) is 11.4. The van der Waals surface area contributed by atoms with Gasteiger partial charge in [-0.1, -0.05) is 212 Å². The standard InChI is InChI=1S/C49H80O3/c1-3-5-7-9-11-13-15-17-19-20-22-24-25-27-29-31-43-51-47-38-33-45(34-39-47)35-42-49(50)46-36-40-48(41-37-46)52-44-32-30-28-26-23-21-18-16-14-12-10-8-6-4-2/h33-42H,3-32,43-44H2,1-2H3/b42-35+. The number of hydrogen-bond acceptors (Lipinski definition) is 3. The van der Waals surface area contributed by atoms with E-state index in [-0.39, 0.29) is 5.78 Å². The Labute approximate surface area is 322 Å². The van der Waals surface area contributed by atoms with Crippen LogP contribution in [0.4, 0.5) is 0 Å². The maximum Gasteiger partial charge on any atom is 0.185 e. The summed E-state index contributed by atoms with van der Waals surface area (Å²) in [6.07, 6.45) is 44.6. The third-order valence-corrected chi connectivity index (χ3v) is 10.5. The van der Waals surface area contributed by atoms with Gasteiger partial charge in [-0.3, -0.25) is 4.79 Å². The second-order valence-corrected chi connectivity index (χ2v) is 15.4. The average Bonchev–Trinajstić information content (AvgIpc) is 3.17. The Kier molecular flexibility index (Phi) is 30.0. The van der Waals surface area contributed by atoms with Crippen molar-refractivity contribution in [3.05, 3.63) is 65.7 Å². The molecule has 0 aromatic heterocycles. The summed E-state index contributed by atoms with van der Waals surface area (Å²) in [4.78, 5) is 12.7. The molecular weight excluding hydrogens is 637 g/mol. The van der Waals surface area contributed by atoms with Gasteiger partial charge in [0.15, 0.2) is 5.78 Å². The molecule has 0 amide bonds. The molecule has 2 aromatic rings. The molecule has 2 aromatic carbocycles. The van der Waals surface area contributed by atoms with Gasteiger partial charge in [0.2, 0.25) is 0 Å². The van der Waals surface area contributed by atoms with Crippen LogP contribution >= 0.6 is 0 Å². The number of allylic oxidation sites excluding steroid dienone is 1. The molecule has 3 nitrogen and oxygen atoms in total. The van der Waals surface area contributed by atoms with Crippen molar-refractivity contribution in [1.29, 1.82) is 0 Å². The van der Waals surface area contributed by atoms with Crippen molar-refractivity contribution in [3.63, 3.8) is 0 Å². The zero-order valence-electron chi connectivity index (χ0n) is 34.1. The Balaban J connectivity index is 1.43. The van der Waals surface area contributed by atoms with Crippen LogP contribution in [0.25, 0.3) is 6.08 Å². The first-order valence-electron chi connectivity index (χ1n) is 22.4. The van der Waals surface area contributed by atoms with Gasteiger partial charge in [0.25, 0.3) is 0 Å². The highest BCUT2D eigenvalue weighted by Crippen LogP contribution is 2.18. The van der Waals surface area contributed by atoms with Crippen molar-refractivity contribution in [1.82, 2.24) is 0 Å². The van der Waals surface area contributed by atoms with E-state index in [9.17, 15) is 4.79 Å². The van der Waals surface area contributed by atoms with Crippen LogP contribution in [0, 0.1) is 0 Å². The highest BCUT2D eigenvalue weighted by atomic mass is 16.5. The third kappa shape index (κ3) is 26.3. The minimum Gasteiger partial charge on any atom is -0.494 e. The average molecular weight is 717 g/mol. The van der Waals surface area contributed by atoms with Gasteiger partial charge in [0, 0.05) is 5.56 Å². The van der Waals surface area contributed by atoms with E-state index in [2.05, 4.69) is 13.8 Å². The quantitative estimate of drug-likeness (QED) is 0.0397. The first kappa shape index (κ1) is 45.6. The lowest BCUT2D eigenvalue weighted by molar-refractivity contribution is 0.104. The van der Waals surface area contributed by atoms with Crippen molar-refractivity contribution < 1.29 is 14.3 Å². The van der Waals surface area contributed by atoms with E-state index in [1.807, 2.05) is 54.6 Å². The Bertz CT molecular complexity index is 1090. The number of hydrogen-bond donors (Lipinski definition) is 0. The van der Waals surface area contributed by atoms with Crippen LogP contribution in [0.2, 0.25) is 0 Å². The molecule has 0 spiro atoms. The van der Waals surface area contributed by atoms with Crippen LogP contribution in [0.1, 0.15) is 222 Å². The monoisotopic (exact) mass is 717 g/mol. The van der Waals surface area contributed by atoms with Gasteiger partial charge in [-0.2, -0.15) is 0 Å². The fraction of sp³-hybridized carbons (Fsp3) is 0.694. The molecule has 0 N–H and O–H groups in total. The molecule has 0 bridgehead atoms. The molecule has 0 radical (unpaired) electrons. The molecule has 0 fully saturated rings. The minimum atomic E-state index is 0.00217. The molecule has 0 atom stereocenters. The number of ether oxygens (including phenoxy) is 2. The van der Waals surface area contributed by atoms with Crippen LogP contribution in [0.5, 0.6) is 11.5 Å². The van der Waals surface area contributed by atoms with Crippen LogP contribution in [0.3, 0.4) is 0 Å². The Morgan fingerprint density at radius 3 is 1.02 bits per heavy atom. The summed E-state index contributed by atoms with van der Waals surface area (Å²) in [7, 11) is 0. The fourth-order valence-corrected chi connectivity index (χ4v) is 6.99. The summed E-state index contributed by atoms with van der Waals surface area (Å²) in [6, 6.07) is 15.6. The Morgan fingerprint density at radius 1 is 0.404 bits per heavy atom. The molecule has 0 unspecified atom stereocenters. The molecule has 2 rings (SSSR count). The highest BCUT2D eigenvalue weighted by molar-refractivity contribution is 6.06. The van der Waals surface area contributed by atoms with Gasteiger partial charge < -0.3 is 9.47 Å². The van der Waals surface area contributed by atoms with Crippen LogP contribution in [-0.4, -0.2) is 19.0 Å². The van der Waals surface area contributed by atoms with Crippen LogP contribution in [0.15, 0.2) is 54.6 Å². The number of rotatable bonds is 37. The molecule has 0 saturated carbocycles. The second-order valence-electron chi connectivity index (χ2n) is 15.4. The Hall–Kier alpha value is -2.55. The number of ketones is 1. The van der Waals surface area contributed by atoms with E-state index < -0.39 is 0 Å². The lowest BCUT2D eigenvalue weighted by atomic mass is 10.0. The summed E-state index contributed by atoms with van der Waals surface area (Å²) in [6.45, 7) is 6.09. The number of unbranched alkanes of at least 4 members (excludes halogenated alkanes) is 28. The summed E-state index contributed by atoms with van der Waals surface area (Å²) < 4.78 is 11.9.